The zero-order valence-corrected chi connectivity index (χ0v) is 13.1. The Morgan fingerprint density at radius 1 is 0.476 bits per heavy atom. The Labute approximate surface area is 128 Å². The Morgan fingerprint density at radius 3 is 0.952 bits per heavy atom. The molecule has 0 radical (unpaired) electrons. The van der Waals surface area contributed by atoms with Crippen molar-refractivity contribution in [2.75, 3.05) is 7.05 Å². The van der Waals surface area contributed by atoms with Gasteiger partial charge in [-0.05, 0) is 30.9 Å². The molecule has 0 aromatic heterocycles. The minimum absolute atomic E-state index is 0.446. The smallest absolute Gasteiger partial charge is 0.0134 e. The molecule has 0 amide bonds. The molecule has 0 aliphatic heterocycles. The van der Waals surface area contributed by atoms with Crippen molar-refractivity contribution < 1.29 is 0 Å². The standard InChI is InChI=1S/C18H15P.CH5N/c1-4-10-16(11-5-1)19(17-12-6-2-7-13-17)18-14-8-3-9-15-18;1-2/h1-15H;2H2,1H3. The van der Waals surface area contributed by atoms with Crippen LogP contribution in [0.5, 0.6) is 0 Å². The molecule has 2 N–H and O–H groups in total. The molecule has 0 saturated heterocycles. The third-order valence-electron chi connectivity index (χ3n) is 3.04. The van der Waals surface area contributed by atoms with Crippen molar-refractivity contribution in [3.63, 3.8) is 0 Å². The third kappa shape index (κ3) is 4.01. The van der Waals surface area contributed by atoms with Crippen molar-refractivity contribution in [2.45, 2.75) is 0 Å². The largest absolute Gasteiger partial charge is 0.333 e. The molecule has 3 aromatic rings. The van der Waals surface area contributed by atoms with Crippen LogP contribution in [0.15, 0.2) is 91.0 Å². The average molecular weight is 293 g/mol. The van der Waals surface area contributed by atoms with E-state index in [4.69, 9.17) is 0 Å². The highest BCUT2D eigenvalue weighted by atomic mass is 31.1. The lowest BCUT2D eigenvalue weighted by Gasteiger charge is -2.18. The second-order valence-corrected chi connectivity index (χ2v) is 6.56. The number of nitrogens with two attached hydrogens (primary N) is 1. The third-order valence-corrected chi connectivity index (χ3v) is 5.49. The Kier molecular flexibility index (Phi) is 6.15. The lowest BCUT2D eigenvalue weighted by atomic mass is 10.4. The van der Waals surface area contributed by atoms with Gasteiger partial charge in [-0.15, -0.1) is 0 Å². The van der Waals surface area contributed by atoms with Crippen LogP contribution in [0.25, 0.3) is 0 Å². The van der Waals surface area contributed by atoms with Crippen molar-refractivity contribution in [2.24, 2.45) is 5.73 Å². The predicted octanol–water partition coefficient (Wildman–Crippen LogP) is 3.02. The summed E-state index contributed by atoms with van der Waals surface area (Å²) in [5.41, 5.74) is 4.50. The summed E-state index contributed by atoms with van der Waals surface area (Å²) in [4.78, 5) is 0. The first kappa shape index (κ1) is 15.4. The molecular weight excluding hydrogens is 273 g/mol. The van der Waals surface area contributed by atoms with Crippen LogP contribution >= 0.6 is 7.92 Å². The van der Waals surface area contributed by atoms with E-state index in [9.17, 15) is 0 Å². The van der Waals surface area contributed by atoms with Gasteiger partial charge in [-0.3, -0.25) is 0 Å². The fourth-order valence-corrected chi connectivity index (χ4v) is 4.48. The van der Waals surface area contributed by atoms with E-state index in [0.717, 1.165) is 0 Å². The summed E-state index contributed by atoms with van der Waals surface area (Å²) in [5.74, 6) is 0. The Hall–Kier alpha value is -1.95. The van der Waals surface area contributed by atoms with Crippen LogP contribution < -0.4 is 21.6 Å². The van der Waals surface area contributed by atoms with Gasteiger partial charge in [0.25, 0.3) is 0 Å². The lowest BCUT2D eigenvalue weighted by molar-refractivity contribution is 1.48. The van der Waals surface area contributed by atoms with Crippen LogP contribution in [0, 0.1) is 0 Å². The molecule has 0 heterocycles. The number of benzene rings is 3. The molecule has 1 nitrogen and oxygen atoms in total. The Morgan fingerprint density at radius 2 is 0.714 bits per heavy atom. The Balaban J connectivity index is 0.000000774. The van der Waals surface area contributed by atoms with E-state index in [1.807, 2.05) is 0 Å². The van der Waals surface area contributed by atoms with Crippen LogP contribution in [-0.2, 0) is 0 Å². The maximum Gasteiger partial charge on any atom is -0.0134 e. The van der Waals surface area contributed by atoms with E-state index < -0.39 is 7.92 Å². The van der Waals surface area contributed by atoms with Crippen LogP contribution in [0.3, 0.4) is 0 Å². The molecule has 0 aliphatic carbocycles. The zero-order valence-electron chi connectivity index (χ0n) is 12.2. The molecule has 3 aromatic carbocycles. The van der Waals surface area contributed by atoms with E-state index in [-0.39, 0.29) is 0 Å². The fraction of sp³-hybridized carbons (Fsp3) is 0.0526. The molecular formula is C19H20NP. The molecule has 0 fully saturated rings. The SMILES string of the molecule is CN.c1ccc(P(c2ccccc2)c2ccccc2)cc1. The monoisotopic (exact) mass is 293 g/mol. The summed E-state index contributed by atoms with van der Waals surface area (Å²) in [6, 6.07) is 32.3. The molecule has 0 bridgehead atoms. The van der Waals surface area contributed by atoms with E-state index in [0.29, 0.717) is 0 Å². The van der Waals surface area contributed by atoms with Crippen LogP contribution in [0.4, 0.5) is 0 Å². The van der Waals surface area contributed by atoms with Crippen molar-refractivity contribution in [1.29, 1.82) is 0 Å². The normalized spacial score (nSPS) is 9.86. The van der Waals surface area contributed by atoms with Gasteiger partial charge in [-0.2, -0.15) is 0 Å². The maximum absolute atomic E-state index is 4.50. The second kappa shape index (κ2) is 8.36. The molecule has 0 unspecified atom stereocenters. The van der Waals surface area contributed by atoms with Gasteiger partial charge >= 0.3 is 0 Å². The number of hydrogen-bond acceptors (Lipinski definition) is 1. The molecule has 0 atom stereocenters. The van der Waals surface area contributed by atoms with E-state index in [2.05, 4.69) is 96.7 Å². The topological polar surface area (TPSA) is 26.0 Å². The van der Waals surface area contributed by atoms with Crippen molar-refractivity contribution in [3.05, 3.63) is 91.0 Å². The van der Waals surface area contributed by atoms with E-state index in [1.54, 1.807) is 0 Å². The average Bonchev–Trinajstić information content (AvgIpc) is 2.60. The van der Waals surface area contributed by atoms with Crippen LogP contribution in [0.2, 0.25) is 0 Å². The lowest BCUT2D eigenvalue weighted by Crippen LogP contribution is -2.20. The quantitative estimate of drug-likeness (QED) is 0.738. The second-order valence-electron chi connectivity index (χ2n) is 4.34. The van der Waals surface area contributed by atoms with Gasteiger partial charge < -0.3 is 5.73 Å². The number of rotatable bonds is 3. The summed E-state index contributed by atoms with van der Waals surface area (Å²) >= 11 is 0. The highest BCUT2D eigenvalue weighted by molar-refractivity contribution is 7.79. The zero-order chi connectivity index (χ0) is 14.9. The minimum atomic E-state index is -0.446. The Bertz CT molecular complexity index is 530. The van der Waals surface area contributed by atoms with Gasteiger partial charge in [0.2, 0.25) is 0 Å². The molecule has 0 saturated carbocycles. The summed E-state index contributed by atoms with van der Waals surface area (Å²) < 4.78 is 0. The highest BCUT2D eigenvalue weighted by Crippen LogP contribution is 2.32. The van der Waals surface area contributed by atoms with Gasteiger partial charge in [-0.1, -0.05) is 91.0 Å². The summed E-state index contributed by atoms with van der Waals surface area (Å²) in [7, 11) is 1.05. The van der Waals surface area contributed by atoms with Crippen LogP contribution in [-0.4, -0.2) is 7.05 Å². The molecule has 0 aliphatic rings. The van der Waals surface area contributed by atoms with Gasteiger partial charge in [0.1, 0.15) is 0 Å². The summed E-state index contributed by atoms with van der Waals surface area (Å²) in [5, 5.41) is 4.19. The molecule has 3 rings (SSSR count). The molecule has 0 spiro atoms. The first-order chi connectivity index (χ1) is 10.4. The van der Waals surface area contributed by atoms with Gasteiger partial charge in [0.15, 0.2) is 0 Å². The molecule has 106 valence electrons. The first-order valence-electron chi connectivity index (χ1n) is 6.98. The van der Waals surface area contributed by atoms with E-state index >= 15 is 0 Å². The highest BCUT2D eigenvalue weighted by Gasteiger charge is 2.14. The van der Waals surface area contributed by atoms with E-state index in [1.165, 1.54) is 23.0 Å². The molecule has 2 heteroatoms. The van der Waals surface area contributed by atoms with Crippen molar-refractivity contribution in [1.82, 2.24) is 0 Å². The molecule has 21 heavy (non-hydrogen) atoms. The fourth-order valence-electron chi connectivity index (χ4n) is 2.18. The van der Waals surface area contributed by atoms with Gasteiger partial charge in [0.05, 0.1) is 0 Å². The number of hydrogen-bond donors (Lipinski definition) is 1. The summed E-state index contributed by atoms with van der Waals surface area (Å²) in [6.07, 6.45) is 0. The van der Waals surface area contributed by atoms with Crippen LogP contribution in [0.1, 0.15) is 0 Å². The van der Waals surface area contributed by atoms with Crippen molar-refractivity contribution in [3.8, 4) is 0 Å². The minimum Gasteiger partial charge on any atom is -0.333 e. The van der Waals surface area contributed by atoms with Gasteiger partial charge in [-0.25, -0.2) is 0 Å². The predicted molar refractivity (Wildman–Crippen MR) is 95.3 cm³/mol. The maximum atomic E-state index is 4.50. The van der Waals surface area contributed by atoms with Crippen molar-refractivity contribution >= 4 is 23.8 Å². The van der Waals surface area contributed by atoms with Gasteiger partial charge in [0, 0.05) is 0 Å². The first-order valence-corrected chi connectivity index (χ1v) is 8.32. The summed E-state index contributed by atoms with van der Waals surface area (Å²) in [6.45, 7) is 0.